The zero-order chi connectivity index (χ0) is 12.9. The van der Waals surface area contributed by atoms with Gasteiger partial charge in [0.15, 0.2) is 0 Å². The maximum Gasteiger partial charge on any atom is 0.128 e. The van der Waals surface area contributed by atoms with Crippen LogP contribution in [0, 0.1) is 5.82 Å². The molecule has 0 bridgehead atoms. The van der Waals surface area contributed by atoms with Crippen LogP contribution in [0.5, 0.6) is 0 Å². The minimum absolute atomic E-state index is 0.138. The van der Waals surface area contributed by atoms with Crippen LogP contribution in [0.15, 0.2) is 24.3 Å². The van der Waals surface area contributed by atoms with Crippen molar-refractivity contribution in [1.29, 1.82) is 0 Å². The lowest BCUT2D eigenvalue weighted by molar-refractivity contribution is 0.168. The Kier molecular flexibility index (Phi) is 5.05. The molecule has 17 heavy (non-hydrogen) atoms. The number of benzene rings is 1. The number of nitrogens with one attached hydrogen (secondary N) is 1. The number of rotatable bonds is 6. The fourth-order valence-corrected chi connectivity index (χ4v) is 1.70. The molecule has 96 valence electrons. The highest BCUT2D eigenvalue weighted by Crippen LogP contribution is 2.22. The van der Waals surface area contributed by atoms with E-state index in [0.29, 0.717) is 12.1 Å². The Balaban J connectivity index is 2.78. The van der Waals surface area contributed by atoms with Crippen LogP contribution in [-0.4, -0.2) is 43.8 Å². The van der Waals surface area contributed by atoms with Crippen molar-refractivity contribution in [3.63, 3.8) is 0 Å². The summed E-state index contributed by atoms with van der Waals surface area (Å²) < 4.78 is 13.7. The third kappa shape index (κ3) is 3.77. The summed E-state index contributed by atoms with van der Waals surface area (Å²) in [6.07, 6.45) is 0. The van der Waals surface area contributed by atoms with Crippen LogP contribution in [0.4, 0.5) is 4.39 Å². The van der Waals surface area contributed by atoms with E-state index in [1.807, 2.05) is 19.0 Å². The van der Waals surface area contributed by atoms with Crippen molar-refractivity contribution in [3.8, 4) is 0 Å². The molecule has 0 aliphatic carbocycles. The predicted octanol–water partition coefficient (Wildman–Crippen LogP) is 1.18. The topological polar surface area (TPSA) is 35.5 Å². The second-order valence-electron chi connectivity index (χ2n) is 4.70. The lowest BCUT2D eigenvalue weighted by Gasteiger charge is -2.30. The summed E-state index contributed by atoms with van der Waals surface area (Å²) in [4.78, 5) is 2.03. The lowest BCUT2D eigenvalue weighted by atomic mass is 9.92. The molecule has 1 atom stereocenters. The number of hydrogen-bond acceptors (Lipinski definition) is 3. The highest BCUT2D eigenvalue weighted by Gasteiger charge is 2.27. The van der Waals surface area contributed by atoms with Crippen LogP contribution in [0.1, 0.15) is 12.5 Å². The van der Waals surface area contributed by atoms with Gasteiger partial charge in [-0.2, -0.15) is 0 Å². The monoisotopic (exact) mass is 240 g/mol. The molecule has 0 aliphatic rings. The van der Waals surface area contributed by atoms with Gasteiger partial charge in [-0.05, 0) is 27.1 Å². The molecule has 0 aromatic heterocycles. The van der Waals surface area contributed by atoms with Gasteiger partial charge in [0, 0.05) is 18.7 Å². The number of hydrogen-bond donors (Lipinski definition) is 2. The van der Waals surface area contributed by atoms with Gasteiger partial charge in [-0.15, -0.1) is 0 Å². The van der Waals surface area contributed by atoms with Crippen molar-refractivity contribution in [3.05, 3.63) is 35.6 Å². The Hall–Kier alpha value is -0.970. The molecule has 0 fully saturated rings. The van der Waals surface area contributed by atoms with Gasteiger partial charge < -0.3 is 15.3 Å². The summed E-state index contributed by atoms with van der Waals surface area (Å²) >= 11 is 0. The normalized spacial score (nSPS) is 14.9. The predicted molar refractivity (Wildman–Crippen MR) is 67.4 cm³/mol. The number of halogens is 1. The quantitative estimate of drug-likeness (QED) is 0.784. The lowest BCUT2D eigenvalue weighted by Crippen LogP contribution is -2.46. The van der Waals surface area contributed by atoms with Crippen molar-refractivity contribution in [1.82, 2.24) is 10.2 Å². The Bertz CT molecular complexity index is 357. The standard InChI is InChI=1S/C13H21FN2O/c1-13(10-17,15-8-9-16(2)3)11-6-4-5-7-12(11)14/h4-7,15,17H,8-10H2,1-3H3. The van der Waals surface area contributed by atoms with Gasteiger partial charge in [0.2, 0.25) is 0 Å². The minimum atomic E-state index is -0.735. The van der Waals surface area contributed by atoms with E-state index in [1.54, 1.807) is 25.1 Å². The molecule has 2 N–H and O–H groups in total. The van der Waals surface area contributed by atoms with Crippen LogP contribution in [0.25, 0.3) is 0 Å². The van der Waals surface area contributed by atoms with Gasteiger partial charge in [0.05, 0.1) is 12.1 Å². The smallest absolute Gasteiger partial charge is 0.128 e. The van der Waals surface area contributed by atoms with Gasteiger partial charge in [-0.1, -0.05) is 18.2 Å². The third-order valence-corrected chi connectivity index (χ3v) is 2.86. The zero-order valence-corrected chi connectivity index (χ0v) is 10.7. The zero-order valence-electron chi connectivity index (χ0n) is 10.7. The molecule has 0 aliphatic heterocycles. The molecule has 4 heteroatoms. The van der Waals surface area contributed by atoms with E-state index in [1.165, 1.54) is 6.07 Å². The van der Waals surface area contributed by atoms with Crippen LogP contribution in [0.3, 0.4) is 0 Å². The van der Waals surface area contributed by atoms with Gasteiger partial charge in [0.1, 0.15) is 5.82 Å². The first-order valence-corrected chi connectivity index (χ1v) is 5.75. The molecule has 1 unspecified atom stereocenters. The fourth-order valence-electron chi connectivity index (χ4n) is 1.70. The fraction of sp³-hybridized carbons (Fsp3) is 0.538. The molecule has 1 rings (SSSR count). The number of aliphatic hydroxyl groups is 1. The van der Waals surface area contributed by atoms with Crippen molar-refractivity contribution in [2.24, 2.45) is 0 Å². The molecule has 1 aromatic carbocycles. The number of aliphatic hydroxyl groups excluding tert-OH is 1. The second-order valence-corrected chi connectivity index (χ2v) is 4.70. The van der Waals surface area contributed by atoms with Crippen LogP contribution < -0.4 is 5.32 Å². The first-order valence-electron chi connectivity index (χ1n) is 5.75. The maximum atomic E-state index is 13.7. The van der Waals surface area contributed by atoms with E-state index in [0.717, 1.165) is 6.54 Å². The van der Waals surface area contributed by atoms with Crippen molar-refractivity contribution < 1.29 is 9.50 Å². The Morgan fingerprint density at radius 3 is 2.53 bits per heavy atom. The summed E-state index contributed by atoms with van der Waals surface area (Å²) in [6.45, 7) is 3.20. The number of likely N-dealkylation sites (N-methyl/N-ethyl adjacent to an activating group) is 1. The molecule has 0 heterocycles. The van der Waals surface area contributed by atoms with Gasteiger partial charge in [-0.25, -0.2) is 4.39 Å². The van der Waals surface area contributed by atoms with Crippen LogP contribution in [-0.2, 0) is 5.54 Å². The highest BCUT2D eigenvalue weighted by atomic mass is 19.1. The van der Waals surface area contributed by atoms with Crippen LogP contribution >= 0.6 is 0 Å². The summed E-state index contributed by atoms with van der Waals surface area (Å²) in [6, 6.07) is 6.54. The third-order valence-electron chi connectivity index (χ3n) is 2.86. The average molecular weight is 240 g/mol. The maximum absolute atomic E-state index is 13.7. The first kappa shape index (κ1) is 14.1. The largest absolute Gasteiger partial charge is 0.394 e. The van der Waals surface area contributed by atoms with Crippen molar-refractivity contribution >= 4 is 0 Å². The molecular formula is C13H21FN2O. The highest BCUT2D eigenvalue weighted by molar-refractivity contribution is 5.25. The summed E-state index contributed by atoms with van der Waals surface area (Å²) in [7, 11) is 3.95. The van der Waals surface area contributed by atoms with Gasteiger partial charge in [-0.3, -0.25) is 0 Å². The molecular weight excluding hydrogens is 219 g/mol. The molecule has 0 saturated carbocycles. The Labute approximate surface area is 102 Å². The van der Waals surface area contributed by atoms with Gasteiger partial charge >= 0.3 is 0 Å². The van der Waals surface area contributed by atoms with Crippen LogP contribution in [0.2, 0.25) is 0 Å². The first-order chi connectivity index (χ1) is 7.99. The summed E-state index contributed by atoms with van der Waals surface area (Å²) in [5.74, 6) is -0.290. The minimum Gasteiger partial charge on any atom is -0.394 e. The summed E-state index contributed by atoms with van der Waals surface area (Å²) in [5.41, 5.74) is -0.234. The van der Waals surface area contributed by atoms with E-state index in [-0.39, 0.29) is 12.4 Å². The van der Waals surface area contributed by atoms with E-state index in [9.17, 15) is 9.50 Å². The van der Waals surface area contributed by atoms with E-state index >= 15 is 0 Å². The number of nitrogens with zero attached hydrogens (tertiary/aromatic N) is 1. The Morgan fingerprint density at radius 1 is 1.35 bits per heavy atom. The second kappa shape index (κ2) is 6.10. The van der Waals surface area contributed by atoms with Crippen molar-refractivity contribution in [2.45, 2.75) is 12.5 Å². The summed E-state index contributed by atoms with van der Waals surface area (Å²) in [5, 5.41) is 12.7. The van der Waals surface area contributed by atoms with E-state index in [4.69, 9.17) is 0 Å². The van der Waals surface area contributed by atoms with Crippen molar-refractivity contribution in [2.75, 3.05) is 33.8 Å². The molecule has 1 aromatic rings. The van der Waals surface area contributed by atoms with E-state index < -0.39 is 5.54 Å². The SMILES string of the molecule is CN(C)CCNC(C)(CO)c1ccccc1F. The molecule has 0 spiro atoms. The Morgan fingerprint density at radius 2 is 2.00 bits per heavy atom. The molecule has 3 nitrogen and oxygen atoms in total. The average Bonchev–Trinajstić information content (AvgIpc) is 2.29. The molecule has 0 radical (unpaired) electrons. The molecule has 0 saturated heterocycles. The van der Waals surface area contributed by atoms with E-state index in [2.05, 4.69) is 5.32 Å². The molecule has 0 amide bonds. The van der Waals surface area contributed by atoms with Gasteiger partial charge in [0.25, 0.3) is 0 Å².